The van der Waals surface area contributed by atoms with Gasteiger partial charge in [-0.15, -0.1) is 0 Å². The fourth-order valence-electron chi connectivity index (χ4n) is 1.99. The van der Waals surface area contributed by atoms with E-state index in [0.29, 0.717) is 19.3 Å². The van der Waals surface area contributed by atoms with Crippen molar-refractivity contribution in [2.45, 2.75) is 31.0 Å². The normalized spacial score (nSPS) is 31.2. The zero-order chi connectivity index (χ0) is 10.2. The lowest BCUT2D eigenvalue weighted by atomic mass is 9.74. The molecule has 2 rings (SSSR count). The maximum absolute atomic E-state index is 13.8. The molecule has 1 fully saturated rings. The SMILES string of the molecule is NC1CC(F)(Cc2ccc(F)cc2)C1. The van der Waals surface area contributed by atoms with Crippen LogP contribution in [0.2, 0.25) is 0 Å². The van der Waals surface area contributed by atoms with Crippen molar-refractivity contribution in [2.75, 3.05) is 0 Å². The highest BCUT2D eigenvalue weighted by molar-refractivity contribution is 5.20. The summed E-state index contributed by atoms with van der Waals surface area (Å²) in [6, 6.07) is 5.97. The lowest BCUT2D eigenvalue weighted by Crippen LogP contribution is -2.49. The number of benzene rings is 1. The summed E-state index contributed by atoms with van der Waals surface area (Å²) < 4.78 is 26.3. The van der Waals surface area contributed by atoms with Crippen molar-refractivity contribution in [3.05, 3.63) is 35.6 Å². The molecule has 3 heteroatoms. The van der Waals surface area contributed by atoms with Gasteiger partial charge in [0.05, 0.1) is 0 Å². The predicted molar refractivity (Wildman–Crippen MR) is 51.2 cm³/mol. The molecule has 1 aliphatic carbocycles. The number of alkyl halides is 1. The molecule has 0 atom stereocenters. The van der Waals surface area contributed by atoms with Gasteiger partial charge in [-0.25, -0.2) is 8.78 Å². The van der Waals surface area contributed by atoms with Crippen LogP contribution in [0.4, 0.5) is 8.78 Å². The highest BCUT2D eigenvalue weighted by Gasteiger charge is 2.42. The Balaban J connectivity index is 2.01. The molecule has 0 amide bonds. The summed E-state index contributed by atoms with van der Waals surface area (Å²) in [7, 11) is 0. The minimum atomic E-state index is -1.16. The zero-order valence-electron chi connectivity index (χ0n) is 7.84. The molecule has 0 aromatic heterocycles. The number of hydrogen-bond donors (Lipinski definition) is 1. The Labute approximate surface area is 81.9 Å². The minimum absolute atomic E-state index is 0.000415. The summed E-state index contributed by atoms with van der Waals surface area (Å²) in [4.78, 5) is 0. The van der Waals surface area contributed by atoms with Gasteiger partial charge in [-0.3, -0.25) is 0 Å². The van der Waals surface area contributed by atoms with Gasteiger partial charge < -0.3 is 5.73 Å². The van der Waals surface area contributed by atoms with Crippen LogP contribution in [0.1, 0.15) is 18.4 Å². The van der Waals surface area contributed by atoms with E-state index >= 15 is 0 Å². The molecule has 0 saturated heterocycles. The van der Waals surface area contributed by atoms with Crippen molar-refractivity contribution >= 4 is 0 Å². The average Bonchev–Trinajstić information content (AvgIpc) is 2.07. The van der Waals surface area contributed by atoms with Gasteiger partial charge in [0.15, 0.2) is 0 Å². The van der Waals surface area contributed by atoms with E-state index in [1.54, 1.807) is 12.1 Å². The molecule has 1 saturated carbocycles. The van der Waals surface area contributed by atoms with Crippen LogP contribution >= 0.6 is 0 Å². The zero-order valence-corrected chi connectivity index (χ0v) is 7.84. The lowest BCUT2D eigenvalue weighted by Gasteiger charge is -2.39. The topological polar surface area (TPSA) is 26.0 Å². The van der Waals surface area contributed by atoms with Crippen LogP contribution in [0.3, 0.4) is 0 Å². The van der Waals surface area contributed by atoms with Crippen LogP contribution in [0.5, 0.6) is 0 Å². The fraction of sp³-hybridized carbons (Fsp3) is 0.455. The first-order valence-corrected chi connectivity index (χ1v) is 4.76. The summed E-state index contributed by atoms with van der Waals surface area (Å²) >= 11 is 0. The van der Waals surface area contributed by atoms with Crippen molar-refractivity contribution < 1.29 is 8.78 Å². The lowest BCUT2D eigenvalue weighted by molar-refractivity contribution is 0.0444. The molecule has 1 aromatic carbocycles. The maximum Gasteiger partial charge on any atom is 0.123 e. The number of rotatable bonds is 2. The van der Waals surface area contributed by atoms with Gasteiger partial charge >= 0.3 is 0 Å². The van der Waals surface area contributed by atoms with Crippen LogP contribution in [0.15, 0.2) is 24.3 Å². The monoisotopic (exact) mass is 197 g/mol. The van der Waals surface area contributed by atoms with Crippen LogP contribution in [-0.4, -0.2) is 11.7 Å². The van der Waals surface area contributed by atoms with Crippen LogP contribution in [0.25, 0.3) is 0 Å². The second kappa shape index (κ2) is 3.31. The summed E-state index contributed by atoms with van der Waals surface area (Å²) in [6.07, 6.45) is 1.19. The molecule has 2 N–H and O–H groups in total. The molecule has 0 unspecified atom stereocenters. The Kier molecular flexibility index (Phi) is 2.27. The Bertz CT molecular complexity index is 315. The van der Waals surface area contributed by atoms with Gasteiger partial charge in [-0.05, 0) is 30.5 Å². The maximum atomic E-state index is 13.8. The van der Waals surface area contributed by atoms with Gasteiger partial charge in [-0.2, -0.15) is 0 Å². The minimum Gasteiger partial charge on any atom is -0.327 e. The second-order valence-electron chi connectivity index (χ2n) is 4.12. The number of hydrogen-bond acceptors (Lipinski definition) is 1. The van der Waals surface area contributed by atoms with Crippen molar-refractivity contribution in [1.82, 2.24) is 0 Å². The first-order valence-electron chi connectivity index (χ1n) is 4.76. The molecule has 1 aromatic rings. The van der Waals surface area contributed by atoms with Crippen molar-refractivity contribution in [2.24, 2.45) is 5.73 Å². The van der Waals surface area contributed by atoms with Crippen molar-refractivity contribution in [3.8, 4) is 0 Å². The Morgan fingerprint density at radius 1 is 1.29 bits per heavy atom. The summed E-state index contributed by atoms with van der Waals surface area (Å²) in [5, 5.41) is 0. The highest BCUT2D eigenvalue weighted by atomic mass is 19.1. The first kappa shape index (κ1) is 9.59. The van der Waals surface area contributed by atoms with E-state index < -0.39 is 5.67 Å². The van der Waals surface area contributed by atoms with E-state index in [-0.39, 0.29) is 11.9 Å². The third kappa shape index (κ3) is 1.93. The molecule has 0 bridgehead atoms. The quantitative estimate of drug-likeness (QED) is 0.772. The molecule has 76 valence electrons. The molecule has 0 aliphatic heterocycles. The van der Waals surface area contributed by atoms with Gasteiger partial charge in [0, 0.05) is 12.5 Å². The van der Waals surface area contributed by atoms with Crippen LogP contribution < -0.4 is 5.73 Å². The molecule has 14 heavy (non-hydrogen) atoms. The van der Waals surface area contributed by atoms with E-state index in [4.69, 9.17) is 5.73 Å². The third-order valence-corrected chi connectivity index (χ3v) is 2.69. The Hall–Kier alpha value is -0.960. The Morgan fingerprint density at radius 3 is 2.36 bits per heavy atom. The fourth-order valence-corrected chi connectivity index (χ4v) is 1.99. The van der Waals surface area contributed by atoms with Crippen LogP contribution in [-0.2, 0) is 6.42 Å². The molecule has 0 heterocycles. The predicted octanol–water partition coefficient (Wildman–Crippen LogP) is 2.20. The Morgan fingerprint density at radius 2 is 1.86 bits per heavy atom. The van der Waals surface area contributed by atoms with Gasteiger partial charge in [-0.1, -0.05) is 12.1 Å². The summed E-state index contributed by atoms with van der Waals surface area (Å²) in [5.74, 6) is -0.285. The highest BCUT2D eigenvalue weighted by Crippen LogP contribution is 2.37. The standard InChI is InChI=1S/C11H13F2N/c12-9-3-1-8(2-4-9)5-11(13)6-10(14)7-11/h1-4,10H,5-7,14H2. The average molecular weight is 197 g/mol. The van der Waals surface area contributed by atoms with Crippen molar-refractivity contribution in [3.63, 3.8) is 0 Å². The van der Waals surface area contributed by atoms with E-state index in [9.17, 15) is 8.78 Å². The summed E-state index contributed by atoms with van der Waals surface area (Å²) in [6.45, 7) is 0. The molecular weight excluding hydrogens is 184 g/mol. The molecule has 0 spiro atoms. The second-order valence-corrected chi connectivity index (χ2v) is 4.12. The third-order valence-electron chi connectivity index (χ3n) is 2.69. The summed E-state index contributed by atoms with van der Waals surface area (Å²) in [5.41, 5.74) is 5.21. The first-order chi connectivity index (χ1) is 6.57. The molecule has 1 aliphatic rings. The smallest absolute Gasteiger partial charge is 0.123 e. The molecular formula is C11H13F2N. The number of halogens is 2. The van der Waals surface area contributed by atoms with Crippen molar-refractivity contribution in [1.29, 1.82) is 0 Å². The number of nitrogens with two attached hydrogens (primary N) is 1. The molecule has 1 nitrogen and oxygen atoms in total. The van der Waals surface area contributed by atoms with E-state index in [2.05, 4.69) is 0 Å². The van der Waals surface area contributed by atoms with Gasteiger partial charge in [0.25, 0.3) is 0 Å². The van der Waals surface area contributed by atoms with E-state index in [0.717, 1.165) is 5.56 Å². The van der Waals surface area contributed by atoms with Gasteiger partial charge in [0.2, 0.25) is 0 Å². The van der Waals surface area contributed by atoms with E-state index in [1.807, 2.05) is 0 Å². The molecule has 0 radical (unpaired) electrons. The van der Waals surface area contributed by atoms with E-state index in [1.165, 1.54) is 12.1 Å². The van der Waals surface area contributed by atoms with Gasteiger partial charge in [0.1, 0.15) is 11.5 Å². The van der Waals surface area contributed by atoms with Crippen LogP contribution in [0, 0.1) is 5.82 Å². The largest absolute Gasteiger partial charge is 0.327 e.